The van der Waals surface area contributed by atoms with Crippen molar-refractivity contribution >= 4 is 0 Å². The number of pyridine rings is 3. The number of benzene rings is 3. The smallest absolute Gasteiger partial charge is 0.0746 e. The molecular formula is C51H63N3. The van der Waals surface area contributed by atoms with Gasteiger partial charge in [0.2, 0.25) is 0 Å². The highest BCUT2D eigenvalue weighted by molar-refractivity contribution is 5.80. The molecule has 0 aliphatic heterocycles. The maximum absolute atomic E-state index is 4.76. The Labute approximate surface area is 327 Å². The van der Waals surface area contributed by atoms with E-state index < -0.39 is 0 Å². The zero-order valence-electron chi connectivity index (χ0n) is 35.9. The molecule has 0 amide bonds. The maximum atomic E-state index is 4.76. The van der Waals surface area contributed by atoms with Crippen molar-refractivity contribution < 1.29 is 0 Å². The van der Waals surface area contributed by atoms with E-state index in [1.807, 2.05) is 41.5 Å². The molecule has 0 bridgehead atoms. The Morgan fingerprint density at radius 2 is 0.685 bits per heavy atom. The first kappa shape index (κ1) is 41.9. The molecule has 0 spiro atoms. The average Bonchev–Trinajstić information content (AvgIpc) is 3.89. The van der Waals surface area contributed by atoms with Crippen LogP contribution in [0.3, 0.4) is 0 Å². The fourth-order valence-electron chi connectivity index (χ4n) is 7.73. The molecule has 0 N–H and O–H groups in total. The summed E-state index contributed by atoms with van der Waals surface area (Å²) in [5, 5.41) is 0. The summed E-state index contributed by atoms with van der Waals surface area (Å²) in [6.45, 7) is 31.4. The van der Waals surface area contributed by atoms with Gasteiger partial charge >= 0.3 is 0 Å². The summed E-state index contributed by atoms with van der Waals surface area (Å²) in [5.74, 6) is 0. The molecule has 0 radical (unpaired) electrons. The van der Waals surface area contributed by atoms with Gasteiger partial charge in [0.15, 0.2) is 0 Å². The van der Waals surface area contributed by atoms with Crippen LogP contribution in [0.25, 0.3) is 33.5 Å². The predicted molar refractivity (Wildman–Crippen MR) is 234 cm³/mol. The van der Waals surface area contributed by atoms with Crippen molar-refractivity contribution in [1.82, 2.24) is 15.0 Å². The summed E-state index contributed by atoms with van der Waals surface area (Å²) >= 11 is 0. The summed E-state index contributed by atoms with van der Waals surface area (Å²) in [7, 11) is 0. The Bertz CT molecular complexity index is 2150. The van der Waals surface area contributed by atoms with Gasteiger partial charge in [0.1, 0.15) is 0 Å². The second-order valence-electron chi connectivity index (χ2n) is 13.8. The topological polar surface area (TPSA) is 38.7 Å². The monoisotopic (exact) mass is 718 g/mol. The Hall–Kier alpha value is -4.89. The molecule has 3 aliphatic carbocycles. The van der Waals surface area contributed by atoms with E-state index >= 15 is 0 Å². The van der Waals surface area contributed by atoms with E-state index in [1.165, 1.54) is 112 Å². The molecule has 3 nitrogen and oxygen atoms in total. The van der Waals surface area contributed by atoms with E-state index in [4.69, 9.17) is 15.0 Å². The van der Waals surface area contributed by atoms with Crippen molar-refractivity contribution in [3.63, 3.8) is 0 Å². The quantitative estimate of drug-likeness (QED) is 0.157. The van der Waals surface area contributed by atoms with Gasteiger partial charge in [-0.05, 0) is 129 Å². The van der Waals surface area contributed by atoms with Crippen LogP contribution in [0, 0.1) is 62.3 Å². The largest absolute Gasteiger partial charge is 0.257 e. The van der Waals surface area contributed by atoms with Crippen molar-refractivity contribution in [3.05, 3.63) is 157 Å². The van der Waals surface area contributed by atoms with Gasteiger partial charge in [-0.25, -0.2) is 0 Å². The number of rotatable bonds is 0. The van der Waals surface area contributed by atoms with Crippen LogP contribution in [0.5, 0.6) is 0 Å². The number of aromatic nitrogens is 3. The highest BCUT2D eigenvalue weighted by atomic mass is 14.7. The predicted octanol–water partition coefficient (Wildman–Crippen LogP) is 13.8. The van der Waals surface area contributed by atoms with Crippen molar-refractivity contribution in [2.24, 2.45) is 0 Å². The van der Waals surface area contributed by atoms with E-state index in [9.17, 15) is 0 Å². The van der Waals surface area contributed by atoms with Crippen LogP contribution in [0.2, 0.25) is 0 Å². The lowest BCUT2D eigenvalue weighted by molar-refractivity contribution is 1.04. The highest BCUT2D eigenvalue weighted by Gasteiger charge is 2.25. The molecule has 3 heteroatoms. The van der Waals surface area contributed by atoms with E-state index in [0.29, 0.717) is 0 Å². The third-order valence-electron chi connectivity index (χ3n) is 11.2. The van der Waals surface area contributed by atoms with Crippen molar-refractivity contribution in [1.29, 1.82) is 0 Å². The van der Waals surface area contributed by atoms with Gasteiger partial charge in [-0.1, -0.05) is 114 Å². The van der Waals surface area contributed by atoms with Gasteiger partial charge in [-0.2, -0.15) is 0 Å². The van der Waals surface area contributed by atoms with Crippen LogP contribution in [0.1, 0.15) is 126 Å². The first-order chi connectivity index (χ1) is 26.0. The molecule has 3 heterocycles. The minimum Gasteiger partial charge on any atom is -0.257 e. The second kappa shape index (κ2) is 18.4. The summed E-state index contributed by atoms with van der Waals surface area (Å²) in [6, 6.07) is 25.9. The zero-order chi connectivity index (χ0) is 39.9. The van der Waals surface area contributed by atoms with E-state index in [0.717, 1.165) is 25.0 Å². The van der Waals surface area contributed by atoms with Crippen molar-refractivity contribution in [2.75, 3.05) is 0 Å². The molecule has 6 aromatic rings. The Kier molecular flexibility index (Phi) is 14.3. The molecule has 3 aromatic heterocycles. The molecule has 0 saturated carbocycles. The summed E-state index contributed by atoms with van der Waals surface area (Å²) in [4.78, 5) is 14.2. The molecule has 282 valence electrons. The molecule has 3 aliphatic rings. The van der Waals surface area contributed by atoms with Crippen molar-refractivity contribution in [3.8, 4) is 33.5 Å². The fraction of sp³-hybridized carbons (Fsp3) is 0.353. The number of hydrogen-bond donors (Lipinski definition) is 0. The molecule has 0 unspecified atom stereocenters. The van der Waals surface area contributed by atoms with Crippen LogP contribution >= 0.6 is 0 Å². The number of fused-ring (bicyclic) bond motifs is 9. The van der Waals surface area contributed by atoms with Gasteiger partial charge in [0.25, 0.3) is 0 Å². The van der Waals surface area contributed by atoms with Gasteiger partial charge in [-0.15, -0.1) is 0 Å². The van der Waals surface area contributed by atoms with Gasteiger partial charge in [-0.3, -0.25) is 15.0 Å². The minimum atomic E-state index is 0.994. The average molecular weight is 718 g/mol. The van der Waals surface area contributed by atoms with Gasteiger partial charge in [0.05, 0.1) is 17.1 Å². The first-order valence-corrected chi connectivity index (χ1v) is 20.2. The molecule has 0 atom stereocenters. The lowest BCUT2D eigenvalue weighted by atomic mass is 9.98. The third-order valence-corrected chi connectivity index (χ3v) is 11.2. The minimum absolute atomic E-state index is 0.994. The lowest BCUT2D eigenvalue weighted by Gasteiger charge is -2.10. The molecule has 54 heavy (non-hydrogen) atoms. The lowest BCUT2D eigenvalue weighted by Crippen LogP contribution is -1.97. The number of aryl methyl sites for hydroxylation is 3. The van der Waals surface area contributed by atoms with Crippen LogP contribution in [-0.2, 0) is 19.3 Å². The Morgan fingerprint density at radius 1 is 0.352 bits per heavy atom. The van der Waals surface area contributed by atoms with Crippen LogP contribution in [-0.4, -0.2) is 15.0 Å². The summed E-state index contributed by atoms with van der Waals surface area (Å²) in [6.07, 6.45) is 3.03. The van der Waals surface area contributed by atoms with E-state index in [1.54, 1.807) is 0 Å². The normalized spacial score (nSPS) is 11.4. The van der Waals surface area contributed by atoms with Gasteiger partial charge in [0, 0.05) is 53.0 Å². The highest BCUT2D eigenvalue weighted by Crippen LogP contribution is 2.41. The van der Waals surface area contributed by atoms with Crippen LogP contribution in [0.15, 0.2) is 72.8 Å². The van der Waals surface area contributed by atoms with Gasteiger partial charge < -0.3 is 0 Å². The summed E-state index contributed by atoms with van der Waals surface area (Å²) in [5.41, 5.74) is 27.9. The Balaban J connectivity index is 0.000000169. The number of hydrogen-bond acceptors (Lipinski definition) is 3. The van der Waals surface area contributed by atoms with E-state index in [-0.39, 0.29) is 0 Å². The van der Waals surface area contributed by atoms with E-state index in [2.05, 4.69) is 135 Å². The van der Waals surface area contributed by atoms with Crippen molar-refractivity contribution in [2.45, 2.75) is 123 Å². The first-order valence-electron chi connectivity index (χ1n) is 20.2. The molecule has 9 rings (SSSR count). The molecule has 3 aromatic carbocycles. The third kappa shape index (κ3) is 7.97. The zero-order valence-corrected chi connectivity index (χ0v) is 35.9. The Morgan fingerprint density at radius 3 is 1.11 bits per heavy atom. The molecule has 0 fully saturated rings. The summed E-state index contributed by atoms with van der Waals surface area (Å²) < 4.78 is 0. The standard InChI is InChI=1S/3C15H15N.3C2H6/c2*1-9-10(2)15-13-7-5-4-6-12(13)8-14(15)16-11(9)3;1-9-10(2)14-8-12-6-4-5-7-13(12)15(14)16-11(9)3;3*1-2/h3*4-7H,8H2,1-3H3;3*1-2H3. The van der Waals surface area contributed by atoms with Crippen LogP contribution in [0.4, 0.5) is 0 Å². The molecular weight excluding hydrogens is 655 g/mol. The SMILES string of the molecule is CC.CC.CC.Cc1nc2c(c(C)c1C)-c1ccccc1C2.Cc1nc2c(c(C)c1C)-c1ccccc1C2.Cc1nc2c(c(C)c1C)Cc1ccccc1-2. The second-order valence-corrected chi connectivity index (χ2v) is 13.8. The number of nitrogens with zero attached hydrogens (tertiary/aromatic N) is 3. The maximum Gasteiger partial charge on any atom is 0.0746 e. The van der Waals surface area contributed by atoms with Crippen LogP contribution < -0.4 is 0 Å². The fourth-order valence-corrected chi connectivity index (χ4v) is 7.73. The molecule has 0 saturated heterocycles.